The van der Waals surface area contributed by atoms with Gasteiger partial charge >= 0.3 is 5.97 Å². The summed E-state index contributed by atoms with van der Waals surface area (Å²) in [5.41, 5.74) is 5.55. The Labute approximate surface area is 292 Å². The molecule has 0 spiro atoms. The lowest BCUT2D eigenvalue weighted by atomic mass is 9.84. The standard InChI is InChI=1S/C44H51NO4/c1-44(2,3)38-28-26-32(25-27-34(20-14-17-31-15-6-4-7-16-31)48-43(47)33-18-8-5-9-19-33)29-39(38)45-42(46)30-37-35-21-10-12-23-40(35)49-41-24-13-11-22-36(37)41/h5,8-13,18-19,21-24,26,28-29,31,34,37H,4,6-7,14-17,20,25,27,30H2,1-3H3,(H,45,46)/t34-/m1/s1. The van der Waals surface area contributed by atoms with E-state index in [0.717, 1.165) is 71.0 Å². The first-order chi connectivity index (χ1) is 23.7. The Balaban J connectivity index is 1.16. The van der Waals surface area contributed by atoms with Gasteiger partial charge in [-0.25, -0.2) is 4.79 Å². The molecule has 1 amide bonds. The summed E-state index contributed by atoms with van der Waals surface area (Å²) >= 11 is 0. The molecule has 5 nitrogen and oxygen atoms in total. The molecule has 1 heterocycles. The number of benzene rings is 4. The van der Waals surface area contributed by atoms with Crippen molar-refractivity contribution >= 4 is 17.6 Å². The van der Waals surface area contributed by atoms with Crippen LogP contribution in [-0.4, -0.2) is 18.0 Å². The number of fused-ring (bicyclic) bond motifs is 2. The molecule has 256 valence electrons. The molecule has 0 aromatic heterocycles. The number of hydrogen-bond donors (Lipinski definition) is 1. The quantitative estimate of drug-likeness (QED) is 0.154. The maximum Gasteiger partial charge on any atom is 0.338 e. The van der Waals surface area contributed by atoms with Gasteiger partial charge in [-0.05, 0) is 78.5 Å². The van der Waals surface area contributed by atoms with Crippen molar-refractivity contribution in [2.24, 2.45) is 5.92 Å². The molecule has 0 bridgehead atoms. The number of hydrogen-bond acceptors (Lipinski definition) is 4. The van der Waals surface area contributed by atoms with Crippen LogP contribution < -0.4 is 10.1 Å². The highest BCUT2D eigenvalue weighted by molar-refractivity contribution is 5.93. The first kappa shape index (κ1) is 34.5. The van der Waals surface area contributed by atoms with E-state index in [1.165, 1.54) is 38.5 Å². The zero-order valence-corrected chi connectivity index (χ0v) is 29.4. The van der Waals surface area contributed by atoms with Gasteiger partial charge in [0.25, 0.3) is 0 Å². The number of aryl methyl sites for hydroxylation is 1. The van der Waals surface area contributed by atoms with Gasteiger partial charge in [-0.1, -0.05) is 126 Å². The van der Waals surface area contributed by atoms with Crippen LogP contribution in [0.25, 0.3) is 0 Å². The fourth-order valence-corrected chi connectivity index (χ4v) is 7.61. The lowest BCUT2D eigenvalue weighted by Crippen LogP contribution is -2.22. The third-order valence-corrected chi connectivity index (χ3v) is 10.3. The molecule has 1 aliphatic carbocycles. The Hall–Kier alpha value is -4.38. The summed E-state index contributed by atoms with van der Waals surface area (Å²) in [7, 11) is 0. The molecule has 4 aromatic rings. The Morgan fingerprint density at radius 3 is 2.14 bits per heavy atom. The Bertz CT molecular complexity index is 1670. The Kier molecular flexibility index (Phi) is 11.2. The fraction of sp³-hybridized carbons (Fsp3) is 0.409. The first-order valence-electron chi connectivity index (χ1n) is 18.3. The number of rotatable bonds is 12. The fourth-order valence-electron chi connectivity index (χ4n) is 7.61. The number of para-hydroxylation sites is 2. The number of anilines is 1. The number of nitrogens with one attached hydrogen (secondary N) is 1. The maximum atomic E-state index is 13.9. The highest BCUT2D eigenvalue weighted by atomic mass is 16.5. The van der Waals surface area contributed by atoms with Crippen LogP contribution in [0.2, 0.25) is 0 Å². The van der Waals surface area contributed by atoms with Crippen molar-refractivity contribution in [3.63, 3.8) is 0 Å². The predicted molar refractivity (Wildman–Crippen MR) is 198 cm³/mol. The topological polar surface area (TPSA) is 64.6 Å². The van der Waals surface area contributed by atoms with Gasteiger partial charge in [0.05, 0.1) is 5.56 Å². The van der Waals surface area contributed by atoms with Crippen molar-refractivity contribution in [3.8, 4) is 11.5 Å². The van der Waals surface area contributed by atoms with E-state index >= 15 is 0 Å². The molecule has 1 N–H and O–H groups in total. The molecule has 6 rings (SSSR count). The monoisotopic (exact) mass is 657 g/mol. The number of carbonyl (C=O) groups is 2. The van der Waals surface area contributed by atoms with Gasteiger partial charge in [0.2, 0.25) is 5.91 Å². The number of carbonyl (C=O) groups excluding carboxylic acids is 2. The molecule has 1 atom stereocenters. The molecule has 49 heavy (non-hydrogen) atoms. The zero-order chi connectivity index (χ0) is 34.2. The van der Waals surface area contributed by atoms with Gasteiger partial charge in [0.1, 0.15) is 17.6 Å². The average molecular weight is 658 g/mol. The van der Waals surface area contributed by atoms with Gasteiger partial charge in [-0.3, -0.25) is 4.79 Å². The first-order valence-corrected chi connectivity index (χ1v) is 18.3. The smallest absolute Gasteiger partial charge is 0.338 e. The summed E-state index contributed by atoms with van der Waals surface area (Å²) in [5, 5.41) is 3.31. The molecule has 2 aliphatic rings. The highest BCUT2D eigenvalue weighted by Crippen LogP contribution is 2.45. The molecular formula is C44H51NO4. The van der Waals surface area contributed by atoms with Crippen molar-refractivity contribution < 1.29 is 19.1 Å². The molecular weight excluding hydrogens is 606 g/mol. The third kappa shape index (κ3) is 9.00. The number of esters is 1. The van der Waals surface area contributed by atoms with Gasteiger partial charge in [0, 0.05) is 29.2 Å². The molecule has 1 aliphatic heterocycles. The number of amides is 1. The second kappa shape index (κ2) is 15.9. The summed E-state index contributed by atoms with van der Waals surface area (Å²) in [5.74, 6) is 2.02. The van der Waals surface area contributed by atoms with Gasteiger partial charge in [-0.15, -0.1) is 0 Å². The lowest BCUT2D eigenvalue weighted by molar-refractivity contribution is -0.116. The lowest BCUT2D eigenvalue weighted by Gasteiger charge is -2.28. The van der Waals surface area contributed by atoms with E-state index in [4.69, 9.17) is 9.47 Å². The van der Waals surface area contributed by atoms with Crippen LogP contribution in [0.3, 0.4) is 0 Å². The normalized spacial score (nSPS) is 15.4. The SMILES string of the molecule is CC(C)(C)c1ccc(CC[C@@H](CCCC2CCCCC2)OC(=O)c2ccccc2)cc1NC(=O)CC1c2ccccc2Oc2ccccc21. The molecule has 5 heteroatoms. The Morgan fingerprint density at radius 2 is 1.47 bits per heavy atom. The van der Waals surface area contributed by atoms with Crippen molar-refractivity contribution in [2.75, 3.05) is 5.32 Å². The van der Waals surface area contributed by atoms with Crippen LogP contribution in [0.15, 0.2) is 97.1 Å². The van der Waals surface area contributed by atoms with E-state index in [0.29, 0.717) is 12.0 Å². The number of ether oxygens (including phenoxy) is 2. The van der Waals surface area contributed by atoms with Crippen LogP contribution in [0.4, 0.5) is 5.69 Å². The predicted octanol–water partition coefficient (Wildman–Crippen LogP) is 11.2. The van der Waals surface area contributed by atoms with Crippen molar-refractivity contribution in [2.45, 2.75) is 109 Å². The van der Waals surface area contributed by atoms with Crippen LogP contribution in [0.5, 0.6) is 11.5 Å². The van der Waals surface area contributed by atoms with E-state index in [1.54, 1.807) is 0 Å². The maximum absolute atomic E-state index is 13.9. The van der Waals surface area contributed by atoms with Gasteiger partial charge in [0.15, 0.2) is 0 Å². The van der Waals surface area contributed by atoms with E-state index in [2.05, 4.69) is 56.4 Å². The minimum absolute atomic E-state index is 0.0310. The Morgan fingerprint density at radius 1 is 0.816 bits per heavy atom. The second-order valence-electron chi connectivity index (χ2n) is 15.0. The van der Waals surface area contributed by atoms with Gasteiger partial charge < -0.3 is 14.8 Å². The summed E-state index contributed by atoms with van der Waals surface area (Å²) in [4.78, 5) is 27.0. The van der Waals surface area contributed by atoms with E-state index < -0.39 is 0 Å². The molecule has 0 radical (unpaired) electrons. The van der Waals surface area contributed by atoms with Crippen molar-refractivity contribution in [1.82, 2.24) is 0 Å². The van der Waals surface area contributed by atoms with E-state index in [-0.39, 0.29) is 29.3 Å². The van der Waals surface area contributed by atoms with Crippen LogP contribution >= 0.6 is 0 Å². The average Bonchev–Trinajstić information content (AvgIpc) is 3.10. The largest absolute Gasteiger partial charge is 0.459 e. The summed E-state index contributed by atoms with van der Waals surface area (Å²) in [6.45, 7) is 6.52. The van der Waals surface area contributed by atoms with Crippen LogP contribution in [-0.2, 0) is 21.4 Å². The van der Waals surface area contributed by atoms with E-state index in [1.807, 2.05) is 66.7 Å². The molecule has 0 unspecified atom stereocenters. The minimum atomic E-state index is -0.254. The van der Waals surface area contributed by atoms with Crippen molar-refractivity contribution in [1.29, 1.82) is 0 Å². The summed E-state index contributed by atoms with van der Waals surface area (Å²) < 4.78 is 12.3. The van der Waals surface area contributed by atoms with Crippen molar-refractivity contribution in [3.05, 3.63) is 125 Å². The van der Waals surface area contributed by atoms with Crippen LogP contribution in [0, 0.1) is 5.92 Å². The van der Waals surface area contributed by atoms with Crippen LogP contribution in [0.1, 0.15) is 124 Å². The molecule has 1 saturated carbocycles. The molecule has 4 aromatic carbocycles. The third-order valence-electron chi connectivity index (χ3n) is 10.3. The highest BCUT2D eigenvalue weighted by Gasteiger charge is 2.29. The molecule has 1 fully saturated rings. The zero-order valence-electron chi connectivity index (χ0n) is 29.4. The second-order valence-corrected chi connectivity index (χ2v) is 15.0. The summed E-state index contributed by atoms with van der Waals surface area (Å²) in [6, 6.07) is 31.7. The summed E-state index contributed by atoms with van der Waals surface area (Å²) in [6.07, 6.45) is 11.5. The minimum Gasteiger partial charge on any atom is -0.459 e. The van der Waals surface area contributed by atoms with Gasteiger partial charge in [-0.2, -0.15) is 0 Å². The molecule has 0 saturated heterocycles. The van der Waals surface area contributed by atoms with E-state index in [9.17, 15) is 9.59 Å².